The van der Waals surface area contributed by atoms with E-state index in [1.165, 1.54) is 21.9 Å². The molecule has 7 aromatic carbocycles. The third-order valence-corrected chi connectivity index (χ3v) is 10.2. The molecule has 0 saturated carbocycles. The van der Waals surface area contributed by atoms with Crippen molar-refractivity contribution in [2.45, 2.75) is 6.04 Å². The number of aromatic nitrogens is 2. The van der Waals surface area contributed by atoms with E-state index in [0.717, 1.165) is 72.2 Å². The summed E-state index contributed by atoms with van der Waals surface area (Å²) in [5.74, 6) is 0.793. The second-order valence-corrected chi connectivity index (χ2v) is 12.9. The molecule has 49 heavy (non-hydrogen) atoms. The molecule has 1 N–H and O–H groups in total. The van der Waals surface area contributed by atoms with Gasteiger partial charge in [0.2, 0.25) is 5.96 Å². The summed E-state index contributed by atoms with van der Waals surface area (Å²) in [6.45, 7) is 0. The maximum Gasteiger partial charge on any atom is 0.209 e. The number of nitrogens with one attached hydrogen (secondary N) is 1. The number of furan rings is 1. The molecular weight excluding hydrogens is 601 g/mol. The van der Waals surface area contributed by atoms with E-state index in [1.54, 1.807) is 0 Å². The van der Waals surface area contributed by atoms with Gasteiger partial charge in [-0.25, -0.2) is 4.99 Å². The monoisotopic (exact) mass is 628 g/mol. The normalized spacial score (nSPS) is 14.6. The Labute approximate surface area is 280 Å². The summed E-state index contributed by atoms with van der Waals surface area (Å²) in [4.78, 5) is 5.34. The smallest absolute Gasteiger partial charge is 0.209 e. The van der Waals surface area contributed by atoms with Crippen LogP contribution in [-0.4, -0.2) is 15.1 Å². The first-order valence-electron chi connectivity index (χ1n) is 16.7. The molecule has 0 radical (unpaired) electrons. The van der Waals surface area contributed by atoms with Gasteiger partial charge in [0, 0.05) is 43.6 Å². The molecule has 1 unspecified atom stereocenters. The summed E-state index contributed by atoms with van der Waals surface area (Å²) in [6, 6.07) is 55.9. The lowest BCUT2D eigenvalue weighted by Gasteiger charge is -2.28. The zero-order valence-electron chi connectivity index (χ0n) is 26.3. The fraction of sp³-hybridized carbons (Fsp3) is 0.0227. The molecule has 1 atom stereocenters. The Balaban J connectivity index is 1.29. The SMILES string of the molecule is c1ccc(C2NC(n3c4cc5c(cc4c4cc6c7ccccc7n(-c7ccccc7)c6cc43)oc3ccccc35)=Nc3ccccc32)cc1. The number of para-hydroxylation sites is 4. The minimum atomic E-state index is -0.0598. The number of hydrogen-bond acceptors (Lipinski definition) is 3. The summed E-state index contributed by atoms with van der Waals surface area (Å²) < 4.78 is 11.1. The molecule has 5 heteroatoms. The lowest BCUT2D eigenvalue weighted by Crippen LogP contribution is -2.36. The maximum atomic E-state index is 6.45. The molecule has 0 fully saturated rings. The van der Waals surface area contributed by atoms with E-state index < -0.39 is 0 Å². The Morgan fingerprint density at radius 1 is 0.469 bits per heavy atom. The summed E-state index contributed by atoms with van der Waals surface area (Å²) in [5.41, 5.74) is 10.7. The third kappa shape index (κ3) is 3.78. The van der Waals surface area contributed by atoms with Crippen LogP contribution in [0, 0.1) is 0 Å². The molecule has 0 bridgehead atoms. The molecule has 1 aliphatic rings. The Morgan fingerprint density at radius 2 is 1.12 bits per heavy atom. The molecule has 5 nitrogen and oxygen atoms in total. The second-order valence-electron chi connectivity index (χ2n) is 12.9. The lowest BCUT2D eigenvalue weighted by molar-refractivity contribution is 0.669. The number of fused-ring (bicyclic) bond motifs is 10. The zero-order chi connectivity index (χ0) is 32.1. The van der Waals surface area contributed by atoms with E-state index in [-0.39, 0.29) is 6.04 Å². The average Bonchev–Trinajstić information content (AvgIpc) is 3.80. The highest BCUT2D eigenvalue weighted by Crippen LogP contribution is 2.42. The van der Waals surface area contributed by atoms with Gasteiger partial charge in [-0.05, 0) is 60.2 Å². The van der Waals surface area contributed by atoms with Crippen LogP contribution in [0.25, 0.3) is 71.2 Å². The van der Waals surface area contributed by atoms with Crippen molar-refractivity contribution in [2.24, 2.45) is 4.99 Å². The Hall–Kier alpha value is -6.59. The van der Waals surface area contributed by atoms with Crippen LogP contribution in [0.1, 0.15) is 17.2 Å². The van der Waals surface area contributed by atoms with Crippen LogP contribution in [0.4, 0.5) is 5.69 Å². The van der Waals surface area contributed by atoms with Gasteiger partial charge in [-0.1, -0.05) is 103 Å². The van der Waals surface area contributed by atoms with Crippen LogP contribution < -0.4 is 5.32 Å². The lowest BCUT2D eigenvalue weighted by atomic mass is 9.96. The van der Waals surface area contributed by atoms with Crippen molar-refractivity contribution >= 4 is 77.2 Å². The Bertz CT molecular complexity index is 2960. The van der Waals surface area contributed by atoms with Crippen molar-refractivity contribution in [3.8, 4) is 5.69 Å². The quantitative estimate of drug-likeness (QED) is 0.207. The van der Waals surface area contributed by atoms with E-state index >= 15 is 0 Å². The first kappa shape index (κ1) is 26.5. The van der Waals surface area contributed by atoms with Gasteiger partial charge in [-0.15, -0.1) is 0 Å². The van der Waals surface area contributed by atoms with Crippen LogP contribution in [0.2, 0.25) is 0 Å². The maximum absolute atomic E-state index is 6.45. The second kappa shape index (κ2) is 9.96. The van der Waals surface area contributed by atoms with Crippen molar-refractivity contribution in [3.05, 3.63) is 169 Å². The van der Waals surface area contributed by atoms with E-state index in [9.17, 15) is 0 Å². The zero-order valence-corrected chi connectivity index (χ0v) is 26.3. The highest BCUT2D eigenvalue weighted by Gasteiger charge is 2.27. The molecule has 10 aromatic rings. The standard InChI is InChI=1S/C44H28N4O/c1-3-13-27(14-4-1)43-31-19-7-10-20-36(31)45-44(46-43)48-38-24-35-30-18-9-12-22-41(30)49-42(35)25-34(38)33-23-32-29-17-8-11-21-37(29)47(39(32)26-40(33)48)28-15-5-2-6-16-28/h1-26,43H,(H,45,46). The molecule has 1 aliphatic heterocycles. The molecule has 0 spiro atoms. The molecule has 0 amide bonds. The molecule has 0 aliphatic carbocycles. The van der Waals surface area contributed by atoms with E-state index in [0.29, 0.717) is 0 Å². The van der Waals surface area contributed by atoms with Gasteiger partial charge in [0.25, 0.3) is 0 Å². The van der Waals surface area contributed by atoms with E-state index in [1.807, 2.05) is 12.1 Å². The third-order valence-electron chi connectivity index (χ3n) is 10.2. The minimum Gasteiger partial charge on any atom is -0.456 e. The molecule has 3 aromatic heterocycles. The molecule has 0 saturated heterocycles. The van der Waals surface area contributed by atoms with Gasteiger partial charge < -0.3 is 14.3 Å². The largest absolute Gasteiger partial charge is 0.456 e. The fourth-order valence-electron chi connectivity index (χ4n) is 7.99. The van der Waals surface area contributed by atoms with Crippen LogP contribution >= 0.6 is 0 Å². The fourth-order valence-corrected chi connectivity index (χ4v) is 7.99. The number of rotatable bonds is 2. The van der Waals surface area contributed by atoms with Gasteiger partial charge in [0.1, 0.15) is 11.2 Å². The molecular formula is C44H28N4O. The molecule has 230 valence electrons. The summed E-state index contributed by atoms with van der Waals surface area (Å²) >= 11 is 0. The van der Waals surface area contributed by atoms with Crippen molar-refractivity contribution in [2.75, 3.05) is 0 Å². The summed E-state index contributed by atoms with van der Waals surface area (Å²) in [7, 11) is 0. The number of benzene rings is 7. The van der Waals surface area contributed by atoms with Gasteiger partial charge in [0.15, 0.2) is 0 Å². The topological polar surface area (TPSA) is 47.4 Å². The van der Waals surface area contributed by atoms with Crippen LogP contribution in [-0.2, 0) is 0 Å². The van der Waals surface area contributed by atoms with Gasteiger partial charge in [-0.3, -0.25) is 4.57 Å². The Morgan fingerprint density at radius 3 is 2.00 bits per heavy atom. The Kier molecular flexibility index (Phi) is 5.38. The van der Waals surface area contributed by atoms with Gasteiger partial charge >= 0.3 is 0 Å². The summed E-state index contributed by atoms with van der Waals surface area (Å²) in [5, 5.41) is 10.8. The van der Waals surface area contributed by atoms with E-state index in [2.05, 4.69) is 160 Å². The highest BCUT2D eigenvalue weighted by molar-refractivity contribution is 6.24. The van der Waals surface area contributed by atoms with Crippen molar-refractivity contribution < 1.29 is 4.42 Å². The average molecular weight is 629 g/mol. The van der Waals surface area contributed by atoms with Gasteiger partial charge in [-0.2, -0.15) is 0 Å². The predicted octanol–water partition coefficient (Wildman–Crippen LogP) is 11.0. The first-order valence-corrected chi connectivity index (χ1v) is 16.7. The number of hydrogen-bond donors (Lipinski definition) is 1. The van der Waals surface area contributed by atoms with Crippen LogP contribution in [0.15, 0.2) is 167 Å². The number of nitrogens with zero attached hydrogens (tertiary/aromatic N) is 3. The van der Waals surface area contributed by atoms with Crippen molar-refractivity contribution in [1.82, 2.24) is 14.5 Å². The molecule has 11 rings (SSSR count). The molecule has 4 heterocycles. The predicted molar refractivity (Wildman–Crippen MR) is 201 cm³/mol. The summed E-state index contributed by atoms with van der Waals surface area (Å²) in [6.07, 6.45) is 0. The van der Waals surface area contributed by atoms with Crippen molar-refractivity contribution in [3.63, 3.8) is 0 Å². The van der Waals surface area contributed by atoms with Crippen molar-refractivity contribution in [1.29, 1.82) is 0 Å². The first-order chi connectivity index (χ1) is 24.3. The minimum absolute atomic E-state index is 0.0598. The van der Waals surface area contributed by atoms with Crippen LogP contribution in [0.3, 0.4) is 0 Å². The highest BCUT2D eigenvalue weighted by atomic mass is 16.3. The van der Waals surface area contributed by atoms with E-state index in [4.69, 9.17) is 9.41 Å². The van der Waals surface area contributed by atoms with Gasteiger partial charge in [0.05, 0.1) is 33.8 Å². The van der Waals surface area contributed by atoms with Crippen LogP contribution in [0.5, 0.6) is 0 Å². The number of aliphatic imine (C=N–C) groups is 1.